The van der Waals surface area contributed by atoms with E-state index >= 15 is 0 Å². The molecule has 1 saturated carbocycles. The monoisotopic (exact) mass is 241 g/mol. The first-order chi connectivity index (χ1) is 8.03. The summed E-state index contributed by atoms with van der Waals surface area (Å²) >= 11 is 0. The average molecular weight is 241 g/mol. The Morgan fingerprint density at radius 3 is 2.29 bits per heavy atom. The van der Waals surface area contributed by atoms with Gasteiger partial charge in [-0.1, -0.05) is 33.1 Å². The number of rotatable bonds is 6. The fourth-order valence-corrected chi connectivity index (χ4v) is 2.72. The second-order valence-corrected chi connectivity index (χ2v) is 5.57. The summed E-state index contributed by atoms with van der Waals surface area (Å²) < 4.78 is 0. The Morgan fingerprint density at radius 2 is 1.88 bits per heavy atom. The topological polar surface area (TPSA) is 40.5 Å². The third-order valence-corrected chi connectivity index (χ3v) is 4.35. The van der Waals surface area contributed by atoms with Gasteiger partial charge in [-0.2, -0.15) is 0 Å². The van der Waals surface area contributed by atoms with Crippen LogP contribution in [-0.2, 0) is 4.79 Å². The first-order valence-corrected chi connectivity index (χ1v) is 7.01. The van der Waals surface area contributed by atoms with E-state index in [1.807, 2.05) is 13.8 Å². The van der Waals surface area contributed by atoms with E-state index in [0.29, 0.717) is 19.0 Å². The van der Waals surface area contributed by atoms with Gasteiger partial charge in [-0.15, -0.1) is 0 Å². The molecule has 0 bridgehead atoms. The third-order valence-electron chi connectivity index (χ3n) is 4.35. The number of carboxylic acids is 1. The first-order valence-electron chi connectivity index (χ1n) is 7.01. The van der Waals surface area contributed by atoms with E-state index in [2.05, 4.69) is 11.8 Å². The Labute approximate surface area is 105 Å². The third kappa shape index (κ3) is 3.70. The zero-order valence-electron chi connectivity index (χ0n) is 11.5. The van der Waals surface area contributed by atoms with E-state index < -0.39 is 11.4 Å². The molecule has 0 aromatic rings. The van der Waals surface area contributed by atoms with Gasteiger partial charge in [-0.3, -0.25) is 9.69 Å². The maximum atomic E-state index is 11.4. The second-order valence-electron chi connectivity index (χ2n) is 5.57. The zero-order chi connectivity index (χ0) is 12.9. The largest absolute Gasteiger partial charge is 0.481 e. The standard InChI is InChI=1S/C14H27NO2/c1-4-14(3,13(16)17)11-15(5-2)12-9-7-6-8-10-12/h12H,4-11H2,1-3H3,(H,16,17). The molecule has 0 amide bonds. The van der Waals surface area contributed by atoms with E-state index in [4.69, 9.17) is 0 Å². The van der Waals surface area contributed by atoms with Crippen molar-refractivity contribution in [2.75, 3.05) is 13.1 Å². The molecule has 1 N–H and O–H groups in total. The van der Waals surface area contributed by atoms with Crippen LogP contribution in [0.15, 0.2) is 0 Å². The quantitative estimate of drug-likeness (QED) is 0.776. The number of carbonyl (C=O) groups is 1. The van der Waals surface area contributed by atoms with Crippen LogP contribution in [0, 0.1) is 5.41 Å². The molecule has 17 heavy (non-hydrogen) atoms. The SMILES string of the molecule is CCN(CC(C)(CC)C(=O)O)C1CCCCC1. The summed E-state index contributed by atoms with van der Waals surface area (Å²) in [5.41, 5.74) is -0.590. The van der Waals surface area contributed by atoms with Crippen LogP contribution >= 0.6 is 0 Å². The van der Waals surface area contributed by atoms with Crippen LogP contribution in [0.4, 0.5) is 0 Å². The predicted molar refractivity (Wildman–Crippen MR) is 70.2 cm³/mol. The molecule has 1 fully saturated rings. The zero-order valence-corrected chi connectivity index (χ0v) is 11.5. The fraction of sp³-hybridized carbons (Fsp3) is 0.929. The van der Waals surface area contributed by atoms with Gasteiger partial charge in [0.05, 0.1) is 5.41 Å². The minimum Gasteiger partial charge on any atom is -0.481 e. The Balaban J connectivity index is 2.64. The summed E-state index contributed by atoms with van der Waals surface area (Å²) in [6.07, 6.45) is 7.14. The number of aliphatic carboxylic acids is 1. The van der Waals surface area contributed by atoms with Crippen LogP contribution in [0.3, 0.4) is 0 Å². The molecule has 0 radical (unpaired) electrons. The van der Waals surface area contributed by atoms with Crippen molar-refractivity contribution in [2.24, 2.45) is 5.41 Å². The highest BCUT2D eigenvalue weighted by molar-refractivity contribution is 5.74. The van der Waals surface area contributed by atoms with Crippen molar-refractivity contribution in [3.05, 3.63) is 0 Å². The summed E-state index contributed by atoms with van der Waals surface area (Å²) in [7, 11) is 0. The molecule has 3 nitrogen and oxygen atoms in total. The molecule has 1 aliphatic rings. The van der Waals surface area contributed by atoms with E-state index in [1.165, 1.54) is 32.1 Å². The Hall–Kier alpha value is -0.570. The number of carboxylic acid groups (broad SMARTS) is 1. The normalized spacial score (nSPS) is 21.4. The highest BCUT2D eigenvalue weighted by atomic mass is 16.4. The lowest BCUT2D eigenvalue weighted by molar-refractivity contribution is -0.149. The minimum absolute atomic E-state index is 0.590. The van der Waals surface area contributed by atoms with Gasteiger partial charge in [-0.05, 0) is 32.7 Å². The van der Waals surface area contributed by atoms with Crippen molar-refractivity contribution in [1.29, 1.82) is 0 Å². The average Bonchev–Trinajstić information content (AvgIpc) is 2.36. The molecule has 1 atom stereocenters. The van der Waals surface area contributed by atoms with Crippen LogP contribution in [0.5, 0.6) is 0 Å². The van der Waals surface area contributed by atoms with Crippen LogP contribution in [0.25, 0.3) is 0 Å². The lowest BCUT2D eigenvalue weighted by Gasteiger charge is -2.38. The van der Waals surface area contributed by atoms with Crippen LogP contribution in [0.2, 0.25) is 0 Å². The summed E-state index contributed by atoms with van der Waals surface area (Å²) in [6.45, 7) is 7.66. The van der Waals surface area contributed by atoms with Crippen molar-refractivity contribution in [2.45, 2.75) is 65.3 Å². The molecular weight excluding hydrogens is 214 g/mol. The molecule has 1 rings (SSSR count). The van der Waals surface area contributed by atoms with E-state index in [9.17, 15) is 9.90 Å². The molecule has 1 aliphatic carbocycles. The van der Waals surface area contributed by atoms with E-state index in [1.54, 1.807) is 0 Å². The van der Waals surface area contributed by atoms with Crippen LogP contribution in [0.1, 0.15) is 59.3 Å². The summed E-state index contributed by atoms with van der Waals surface area (Å²) in [4.78, 5) is 13.7. The van der Waals surface area contributed by atoms with Crippen molar-refractivity contribution < 1.29 is 9.90 Å². The van der Waals surface area contributed by atoms with Crippen molar-refractivity contribution in [1.82, 2.24) is 4.90 Å². The molecule has 0 aromatic heterocycles. The maximum absolute atomic E-state index is 11.4. The van der Waals surface area contributed by atoms with Gasteiger partial charge in [-0.25, -0.2) is 0 Å². The van der Waals surface area contributed by atoms with E-state index in [-0.39, 0.29) is 0 Å². The van der Waals surface area contributed by atoms with Gasteiger partial charge in [0.15, 0.2) is 0 Å². The molecule has 0 aromatic carbocycles. The van der Waals surface area contributed by atoms with Crippen LogP contribution < -0.4 is 0 Å². The van der Waals surface area contributed by atoms with Gasteiger partial charge in [0.25, 0.3) is 0 Å². The lowest BCUT2D eigenvalue weighted by Crippen LogP contribution is -2.46. The number of hydrogen-bond acceptors (Lipinski definition) is 2. The van der Waals surface area contributed by atoms with Crippen LogP contribution in [-0.4, -0.2) is 35.1 Å². The van der Waals surface area contributed by atoms with E-state index in [0.717, 1.165) is 6.54 Å². The Kier molecular flexibility index (Phi) is 5.44. The summed E-state index contributed by atoms with van der Waals surface area (Å²) in [5.74, 6) is -0.658. The first kappa shape index (κ1) is 14.5. The summed E-state index contributed by atoms with van der Waals surface area (Å²) in [6, 6.07) is 0.610. The molecule has 3 heteroatoms. The Morgan fingerprint density at radius 1 is 1.29 bits per heavy atom. The number of hydrogen-bond donors (Lipinski definition) is 1. The highest BCUT2D eigenvalue weighted by Crippen LogP contribution is 2.28. The van der Waals surface area contributed by atoms with Crippen molar-refractivity contribution in [3.63, 3.8) is 0 Å². The van der Waals surface area contributed by atoms with Gasteiger partial charge < -0.3 is 5.11 Å². The molecule has 0 heterocycles. The smallest absolute Gasteiger partial charge is 0.310 e. The lowest BCUT2D eigenvalue weighted by atomic mass is 9.85. The minimum atomic E-state index is -0.658. The molecule has 0 spiro atoms. The molecule has 0 saturated heterocycles. The van der Waals surface area contributed by atoms with Crippen molar-refractivity contribution in [3.8, 4) is 0 Å². The van der Waals surface area contributed by atoms with Gasteiger partial charge >= 0.3 is 5.97 Å². The maximum Gasteiger partial charge on any atom is 0.310 e. The van der Waals surface area contributed by atoms with Crippen molar-refractivity contribution >= 4 is 5.97 Å². The molecule has 100 valence electrons. The van der Waals surface area contributed by atoms with Gasteiger partial charge in [0, 0.05) is 12.6 Å². The highest BCUT2D eigenvalue weighted by Gasteiger charge is 2.35. The summed E-state index contributed by atoms with van der Waals surface area (Å²) in [5, 5.41) is 9.35. The molecule has 0 aliphatic heterocycles. The Bertz CT molecular complexity index is 249. The molecule has 1 unspecified atom stereocenters. The fourth-order valence-electron chi connectivity index (χ4n) is 2.72. The van der Waals surface area contributed by atoms with Gasteiger partial charge in [0.2, 0.25) is 0 Å². The number of nitrogens with zero attached hydrogens (tertiary/aromatic N) is 1. The second kappa shape index (κ2) is 6.39. The van der Waals surface area contributed by atoms with Gasteiger partial charge in [0.1, 0.15) is 0 Å². The predicted octanol–water partition coefficient (Wildman–Crippen LogP) is 3.14. The molecular formula is C14H27NO2.